The van der Waals surface area contributed by atoms with E-state index in [1.165, 1.54) is 6.07 Å². The van der Waals surface area contributed by atoms with E-state index in [0.717, 1.165) is 43.6 Å². The summed E-state index contributed by atoms with van der Waals surface area (Å²) in [4.78, 5) is 12.7. The number of aliphatic hydroxyl groups excluding tert-OH is 1. The van der Waals surface area contributed by atoms with Crippen molar-refractivity contribution in [1.29, 1.82) is 0 Å². The van der Waals surface area contributed by atoms with Crippen molar-refractivity contribution < 1.29 is 18.6 Å². The smallest absolute Gasteiger partial charge is 0.227 e. The minimum atomic E-state index is -0.655. The number of benzene rings is 2. The maximum atomic E-state index is 14.9. The lowest BCUT2D eigenvalue weighted by molar-refractivity contribution is 0.282. The van der Waals surface area contributed by atoms with Crippen molar-refractivity contribution in [1.82, 2.24) is 15.3 Å². The van der Waals surface area contributed by atoms with E-state index in [0.29, 0.717) is 30.1 Å². The molecule has 0 atom stereocenters. The summed E-state index contributed by atoms with van der Waals surface area (Å²) >= 11 is 0. The van der Waals surface area contributed by atoms with Gasteiger partial charge in [-0.3, -0.25) is 0 Å². The summed E-state index contributed by atoms with van der Waals surface area (Å²) in [5.74, 6) is -0.873. The average Bonchev–Trinajstić information content (AvgIpc) is 2.89. The van der Waals surface area contributed by atoms with E-state index in [2.05, 4.69) is 25.5 Å². The zero-order valence-electron chi connectivity index (χ0n) is 20.4. The Morgan fingerprint density at radius 1 is 1.08 bits per heavy atom. The summed E-state index contributed by atoms with van der Waals surface area (Å²) in [5, 5.41) is 16.4. The van der Waals surface area contributed by atoms with Crippen LogP contribution in [0.2, 0.25) is 0 Å². The van der Waals surface area contributed by atoms with Crippen molar-refractivity contribution in [3.05, 3.63) is 53.7 Å². The SMILES string of the molecule is CC(C)N1CCOc2c(F)cc(-c3nc(Nc4ccc(N5CCNCC5)c(CO)c4)ncc3F)cc21. The van der Waals surface area contributed by atoms with Gasteiger partial charge in [-0.2, -0.15) is 0 Å². The van der Waals surface area contributed by atoms with E-state index < -0.39 is 11.6 Å². The molecule has 2 aliphatic rings. The number of fused-ring (bicyclic) bond motifs is 1. The third kappa shape index (κ3) is 4.78. The van der Waals surface area contributed by atoms with Gasteiger partial charge in [0, 0.05) is 54.7 Å². The number of nitrogens with one attached hydrogen (secondary N) is 2. The normalized spacial score (nSPS) is 15.6. The molecule has 3 N–H and O–H groups in total. The third-order valence-corrected chi connectivity index (χ3v) is 6.52. The molecule has 0 saturated carbocycles. The highest BCUT2D eigenvalue weighted by Gasteiger charge is 2.26. The van der Waals surface area contributed by atoms with E-state index in [1.54, 1.807) is 6.07 Å². The Kier molecular flexibility index (Phi) is 6.88. The van der Waals surface area contributed by atoms with Crippen LogP contribution < -0.4 is 25.2 Å². The molecule has 0 spiro atoms. The molecule has 3 heterocycles. The molecule has 8 nitrogen and oxygen atoms in total. The second kappa shape index (κ2) is 10.2. The van der Waals surface area contributed by atoms with E-state index in [9.17, 15) is 13.9 Å². The predicted molar refractivity (Wildman–Crippen MR) is 136 cm³/mol. The number of aromatic nitrogens is 2. The Labute approximate surface area is 208 Å². The molecule has 0 bridgehead atoms. The fourth-order valence-electron chi connectivity index (χ4n) is 4.74. The summed E-state index contributed by atoms with van der Waals surface area (Å²) < 4.78 is 35.3. The second-order valence-corrected chi connectivity index (χ2v) is 9.20. The van der Waals surface area contributed by atoms with Crippen molar-refractivity contribution >= 4 is 23.0 Å². The summed E-state index contributed by atoms with van der Waals surface area (Å²) in [6, 6.07) is 8.73. The van der Waals surface area contributed by atoms with Gasteiger partial charge in [-0.05, 0) is 44.2 Å². The molecule has 0 radical (unpaired) electrons. The number of nitrogens with zero attached hydrogens (tertiary/aromatic N) is 4. The highest BCUT2D eigenvalue weighted by atomic mass is 19.1. The average molecular weight is 497 g/mol. The van der Waals surface area contributed by atoms with Crippen LogP contribution in [0.5, 0.6) is 5.75 Å². The molecule has 1 aromatic heterocycles. The summed E-state index contributed by atoms with van der Waals surface area (Å²) in [6.45, 7) is 8.42. The number of rotatable bonds is 6. The first-order chi connectivity index (χ1) is 17.4. The van der Waals surface area contributed by atoms with Gasteiger partial charge < -0.3 is 30.3 Å². The molecule has 10 heteroatoms. The molecule has 5 rings (SSSR count). The van der Waals surface area contributed by atoms with Gasteiger partial charge in [0.25, 0.3) is 0 Å². The standard InChI is InChI=1S/C26H30F2N6O2/c1-16(2)34-9-10-36-25-20(27)12-17(13-23(25)34)24-21(28)14-30-26(32-24)31-19-3-4-22(18(11-19)15-35)33-7-5-29-6-8-33/h3-4,11-14,16,29,35H,5-10,15H2,1-2H3,(H,30,31,32). The molecule has 2 aliphatic heterocycles. The molecule has 0 unspecified atom stereocenters. The lowest BCUT2D eigenvalue weighted by Gasteiger charge is -2.34. The van der Waals surface area contributed by atoms with E-state index in [4.69, 9.17) is 4.74 Å². The number of ether oxygens (including phenoxy) is 1. The molecule has 0 aliphatic carbocycles. The number of aliphatic hydroxyl groups is 1. The van der Waals surface area contributed by atoms with Crippen LogP contribution in [0.15, 0.2) is 36.5 Å². The lowest BCUT2D eigenvalue weighted by atomic mass is 10.1. The van der Waals surface area contributed by atoms with E-state index in [1.807, 2.05) is 36.9 Å². The second-order valence-electron chi connectivity index (χ2n) is 9.20. The first-order valence-corrected chi connectivity index (χ1v) is 12.2. The minimum Gasteiger partial charge on any atom is -0.486 e. The number of hydrogen-bond acceptors (Lipinski definition) is 8. The Hall–Kier alpha value is -3.50. The van der Waals surface area contributed by atoms with Gasteiger partial charge in [0.05, 0.1) is 25.0 Å². The van der Waals surface area contributed by atoms with Crippen LogP contribution in [0.3, 0.4) is 0 Å². The number of hydrogen-bond donors (Lipinski definition) is 3. The van der Waals surface area contributed by atoms with Crippen LogP contribution in [0.1, 0.15) is 19.4 Å². The number of halogens is 2. The van der Waals surface area contributed by atoms with Gasteiger partial charge in [0.15, 0.2) is 17.4 Å². The van der Waals surface area contributed by atoms with Crippen LogP contribution in [0.4, 0.5) is 31.8 Å². The molecule has 36 heavy (non-hydrogen) atoms. The van der Waals surface area contributed by atoms with Crippen LogP contribution in [-0.4, -0.2) is 60.4 Å². The van der Waals surface area contributed by atoms with Gasteiger partial charge in [0.1, 0.15) is 12.3 Å². The van der Waals surface area contributed by atoms with E-state index in [-0.39, 0.29) is 30.0 Å². The molecule has 1 saturated heterocycles. The molecule has 190 valence electrons. The Balaban J connectivity index is 1.45. The van der Waals surface area contributed by atoms with Crippen molar-refractivity contribution in [2.75, 3.05) is 54.4 Å². The van der Waals surface area contributed by atoms with Gasteiger partial charge in [0.2, 0.25) is 5.95 Å². The van der Waals surface area contributed by atoms with Gasteiger partial charge in [-0.25, -0.2) is 18.7 Å². The first-order valence-electron chi connectivity index (χ1n) is 12.2. The van der Waals surface area contributed by atoms with Gasteiger partial charge in [-0.15, -0.1) is 0 Å². The van der Waals surface area contributed by atoms with Crippen LogP contribution >= 0.6 is 0 Å². The van der Waals surface area contributed by atoms with E-state index >= 15 is 0 Å². The zero-order chi connectivity index (χ0) is 25.2. The topological polar surface area (TPSA) is 85.8 Å². The van der Waals surface area contributed by atoms with Gasteiger partial charge >= 0.3 is 0 Å². The lowest BCUT2D eigenvalue weighted by Crippen LogP contribution is -2.43. The molecular weight excluding hydrogens is 466 g/mol. The van der Waals surface area contributed by atoms with Crippen molar-refractivity contribution in [3.63, 3.8) is 0 Å². The number of anilines is 4. The van der Waals surface area contributed by atoms with Crippen molar-refractivity contribution in [3.8, 4) is 17.0 Å². The number of piperazine rings is 1. The zero-order valence-corrected chi connectivity index (χ0v) is 20.4. The van der Waals surface area contributed by atoms with Crippen LogP contribution in [0.25, 0.3) is 11.3 Å². The maximum Gasteiger partial charge on any atom is 0.227 e. The monoisotopic (exact) mass is 496 g/mol. The highest BCUT2D eigenvalue weighted by molar-refractivity contribution is 5.73. The fourth-order valence-corrected chi connectivity index (χ4v) is 4.74. The molecule has 3 aromatic rings. The predicted octanol–water partition coefficient (Wildman–Crippen LogP) is 3.67. The van der Waals surface area contributed by atoms with Crippen LogP contribution in [0, 0.1) is 11.6 Å². The summed E-state index contributed by atoms with van der Waals surface area (Å²) in [6.07, 6.45) is 1.07. The van der Waals surface area contributed by atoms with Crippen molar-refractivity contribution in [2.45, 2.75) is 26.5 Å². The fraction of sp³-hybridized carbons (Fsp3) is 0.385. The maximum absolute atomic E-state index is 14.9. The minimum absolute atomic E-state index is 0.0108. The Morgan fingerprint density at radius 3 is 2.64 bits per heavy atom. The molecular formula is C26H30F2N6O2. The largest absolute Gasteiger partial charge is 0.486 e. The molecule has 0 amide bonds. The summed E-state index contributed by atoms with van der Waals surface area (Å²) in [5.41, 5.74) is 3.28. The van der Waals surface area contributed by atoms with Crippen molar-refractivity contribution in [2.24, 2.45) is 0 Å². The van der Waals surface area contributed by atoms with Gasteiger partial charge in [-0.1, -0.05) is 0 Å². The molecule has 2 aromatic carbocycles. The Bertz CT molecular complexity index is 1250. The molecule has 1 fully saturated rings. The highest BCUT2D eigenvalue weighted by Crippen LogP contribution is 2.39. The quantitative estimate of drug-likeness (QED) is 0.477. The Morgan fingerprint density at radius 2 is 1.89 bits per heavy atom. The summed E-state index contributed by atoms with van der Waals surface area (Å²) in [7, 11) is 0. The first kappa shape index (κ1) is 24.2. The third-order valence-electron chi connectivity index (χ3n) is 6.52. The van der Waals surface area contributed by atoms with Crippen LogP contribution in [-0.2, 0) is 6.61 Å².